The quantitative estimate of drug-likeness (QED) is 0.858. The predicted octanol–water partition coefficient (Wildman–Crippen LogP) is 3.40. The van der Waals surface area contributed by atoms with Gasteiger partial charge in [-0.3, -0.25) is 4.79 Å². The predicted molar refractivity (Wildman–Crippen MR) is 72.8 cm³/mol. The Balaban J connectivity index is 0.00000162. The normalized spacial score (nSPS) is 10.2. The van der Waals surface area contributed by atoms with Crippen LogP contribution < -0.4 is 5.32 Å². The van der Waals surface area contributed by atoms with Crippen LogP contribution in [0.3, 0.4) is 0 Å². The Labute approximate surface area is 104 Å². The molecule has 0 radical (unpaired) electrons. The Bertz CT molecular complexity index is 449. The van der Waals surface area contributed by atoms with Gasteiger partial charge in [0.1, 0.15) is 0 Å². The minimum absolute atomic E-state index is 0. The van der Waals surface area contributed by atoms with E-state index in [0.717, 1.165) is 11.1 Å². The van der Waals surface area contributed by atoms with Gasteiger partial charge in [-0.1, -0.05) is 60.7 Å². The molecule has 2 rings (SSSR count). The molecule has 0 aliphatic carbocycles. The fourth-order valence-electron chi connectivity index (χ4n) is 1.85. The molecule has 0 saturated heterocycles. The Kier molecular flexibility index (Phi) is 3.55. The number of carbonyl (C=O) groups is 1. The maximum absolute atomic E-state index is 11.3. The lowest BCUT2D eigenvalue weighted by molar-refractivity contribution is -0.119. The summed E-state index contributed by atoms with van der Waals surface area (Å²) in [4.78, 5) is 11.3. The summed E-state index contributed by atoms with van der Waals surface area (Å²) in [6.07, 6.45) is 0. The first kappa shape index (κ1) is 11.4. The van der Waals surface area contributed by atoms with Gasteiger partial charge in [-0.05, 0) is 11.1 Å². The van der Waals surface area contributed by atoms with Crippen molar-refractivity contribution in [2.75, 3.05) is 0 Å². The summed E-state index contributed by atoms with van der Waals surface area (Å²) in [5.41, 5.74) is 2.18. The molecule has 17 heavy (non-hydrogen) atoms. The van der Waals surface area contributed by atoms with E-state index in [4.69, 9.17) is 0 Å². The SMILES string of the molecule is CC(=O)NC(c1ccccc1)c1ccccc1.[HH].[HH]. The van der Waals surface area contributed by atoms with Gasteiger partial charge in [-0.25, -0.2) is 0 Å². The second kappa shape index (κ2) is 5.30. The van der Waals surface area contributed by atoms with Crippen molar-refractivity contribution >= 4 is 5.91 Å². The van der Waals surface area contributed by atoms with Crippen molar-refractivity contribution in [2.45, 2.75) is 13.0 Å². The zero-order valence-electron chi connectivity index (χ0n) is 9.76. The zero-order valence-corrected chi connectivity index (χ0v) is 9.76. The molecule has 0 atom stereocenters. The lowest BCUT2D eigenvalue weighted by atomic mass is 9.99. The highest BCUT2D eigenvalue weighted by Gasteiger charge is 2.13. The van der Waals surface area contributed by atoms with E-state index in [1.807, 2.05) is 60.7 Å². The van der Waals surface area contributed by atoms with Crippen LogP contribution in [-0.4, -0.2) is 5.91 Å². The lowest BCUT2D eigenvalue weighted by Gasteiger charge is -2.18. The molecule has 2 aromatic carbocycles. The maximum atomic E-state index is 11.3. The maximum Gasteiger partial charge on any atom is 0.217 e. The summed E-state index contributed by atoms with van der Waals surface area (Å²) in [5, 5.41) is 2.97. The summed E-state index contributed by atoms with van der Waals surface area (Å²) in [6.45, 7) is 1.54. The van der Waals surface area contributed by atoms with Gasteiger partial charge in [0.2, 0.25) is 5.91 Å². The number of rotatable bonds is 3. The van der Waals surface area contributed by atoms with E-state index in [1.165, 1.54) is 0 Å². The first-order chi connectivity index (χ1) is 8.27. The summed E-state index contributed by atoms with van der Waals surface area (Å²) >= 11 is 0. The van der Waals surface area contributed by atoms with E-state index in [-0.39, 0.29) is 14.8 Å². The molecule has 0 saturated carbocycles. The van der Waals surface area contributed by atoms with Crippen LogP contribution in [0.25, 0.3) is 0 Å². The van der Waals surface area contributed by atoms with E-state index >= 15 is 0 Å². The fourth-order valence-corrected chi connectivity index (χ4v) is 1.85. The van der Waals surface area contributed by atoms with Crippen molar-refractivity contribution in [2.24, 2.45) is 0 Å². The minimum atomic E-state index is -0.0742. The standard InChI is InChI=1S/C15H15NO.2H2/c1-12(17)16-15(13-8-4-2-5-9-13)14-10-6-3-7-11-14;;/h2-11,15H,1H3,(H,16,17);2*1H. The zero-order chi connectivity index (χ0) is 12.1. The van der Waals surface area contributed by atoms with E-state index in [1.54, 1.807) is 6.92 Å². The van der Waals surface area contributed by atoms with Crippen LogP contribution in [0, 0.1) is 0 Å². The summed E-state index contributed by atoms with van der Waals surface area (Å²) < 4.78 is 0. The monoisotopic (exact) mass is 229 g/mol. The van der Waals surface area contributed by atoms with Gasteiger partial charge in [0, 0.05) is 9.78 Å². The molecule has 0 heterocycles. The van der Waals surface area contributed by atoms with Gasteiger partial charge in [0.05, 0.1) is 6.04 Å². The molecule has 90 valence electrons. The summed E-state index contributed by atoms with van der Waals surface area (Å²) in [7, 11) is 0. The second-order valence-electron chi connectivity index (χ2n) is 3.95. The molecule has 0 aromatic heterocycles. The van der Waals surface area contributed by atoms with Gasteiger partial charge < -0.3 is 5.32 Å². The molecular formula is C15H19NO. The van der Waals surface area contributed by atoms with Crippen LogP contribution in [0.1, 0.15) is 26.9 Å². The average Bonchev–Trinajstić information content (AvgIpc) is 2.38. The highest BCUT2D eigenvalue weighted by atomic mass is 16.1. The third kappa shape index (κ3) is 2.94. The van der Waals surface area contributed by atoms with Crippen molar-refractivity contribution in [3.05, 3.63) is 71.8 Å². The smallest absolute Gasteiger partial charge is 0.217 e. The molecule has 0 aliphatic heterocycles. The molecule has 0 fully saturated rings. The summed E-state index contributed by atoms with van der Waals surface area (Å²) in [6, 6.07) is 19.9. The van der Waals surface area contributed by atoms with Crippen molar-refractivity contribution < 1.29 is 7.65 Å². The third-order valence-corrected chi connectivity index (χ3v) is 2.61. The number of hydrogen-bond acceptors (Lipinski definition) is 1. The highest BCUT2D eigenvalue weighted by molar-refractivity contribution is 5.74. The molecule has 0 aliphatic rings. The van der Waals surface area contributed by atoms with Gasteiger partial charge in [0.25, 0.3) is 0 Å². The van der Waals surface area contributed by atoms with Gasteiger partial charge in [0.15, 0.2) is 0 Å². The molecule has 2 heteroatoms. The first-order valence-corrected chi connectivity index (χ1v) is 5.64. The van der Waals surface area contributed by atoms with Crippen LogP contribution in [0.2, 0.25) is 0 Å². The number of hydrogen-bond donors (Lipinski definition) is 1. The van der Waals surface area contributed by atoms with E-state index < -0.39 is 0 Å². The molecule has 1 N–H and O–H groups in total. The third-order valence-electron chi connectivity index (χ3n) is 2.61. The van der Waals surface area contributed by atoms with Gasteiger partial charge in [-0.15, -0.1) is 0 Å². The molecule has 2 nitrogen and oxygen atoms in total. The highest BCUT2D eigenvalue weighted by Crippen LogP contribution is 2.21. The van der Waals surface area contributed by atoms with E-state index in [2.05, 4.69) is 5.32 Å². The van der Waals surface area contributed by atoms with Crippen LogP contribution in [-0.2, 0) is 4.79 Å². The first-order valence-electron chi connectivity index (χ1n) is 5.64. The minimum Gasteiger partial charge on any atom is -0.345 e. The van der Waals surface area contributed by atoms with Crippen LogP contribution in [0.15, 0.2) is 60.7 Å². The molecule has 1 amide bonds. The fraction of sp³-hybridized carbons (Fsp3) is 0.133. The number of amides is 1. The Morgan fingerprint density at radius 1 is 0.941 bits per heavy atom. The van der Waals surface area contributed by atoms with Crippen molar-refractivity contribution in [1.29, 1.82) is 0 Å². The number of benzene rings is 2. The Morgan fingerprint density at radius 3 is 1.71 bits per heavy atom. The molecular weight excluding hydrogens is 210 g/mol. The average molecular weight is 229 g/mol. The Morgan fingerprint density at radius 2 is 1.35 bits per heavy atom. The van der Waals surface area contributed by atoms with Crippen molar-refractivity contribution in [1.82, 2.24) is 5.32 Å². The lowest BCUT2D eigenvalue weighted by Crippen LogP contribution is -2.26. The van der Waals surface area contributed by atoms with Crippen LogP contribution in [0.5, 0.6) is 0 Å². The molecule has 0 unspecified atom stereocenters. The number of carbonyl (C=O) groups excluding carboxylic acids is 1. The van der Waals surface area contributed by atoms with Gasteiger partial charge in [-0.2, -0.15) is 0 Å². The summed E-state index contributed by atoms with van der Waals surface area (Å²) in [5.74, 6) is -0.0253. The molecule has 0 bridgehead atoms. The second-order valence-corrected chi connectivity index (χ2v) is 3.95. The Hall–Kier alpha value is -2.09. The molecule has 2 aromatic rings. The largest absolute Gasteiger partial charge is 0.345 e. The van der Waals surface area contributed by atoms with E-state index in [0.29, 0.717) is 0 Å². The molecule has 0 spiro atoms. The topological polar surface area (TPSA) is 29.1 Å². The van der Waals surface area contributed by atoms with Crippen molar-refractivity contribution in [3.8, 4) is 0 Å². The van der Waals surface area contributed by atoms with Crippen LogP contribution in [0.4, 0.5) is 0 Å². The van der Waals surface area contributed by atoms with Crippen molar-refractivity contribution in [3.63, 3.8) is 0 Å². The van der Waals surface area contributed by atoms with E-state index in [9.17, 15) is 4.79 Å². The van der Waals surface area contributed by atoms with Crippen LogP contribution >= 0.6 is 0 Å². The van der Waals surface area contributed by atoms with Gasteiger partial charge >= 0.3 is 0 Å². The number of nitrogens with one attached hydrogen (secondary N) is 1.